The van der Waals surface area contributed by atoms with Crippen LogP contribution < -0.4 is 0 Å². The lowest BCUT2D eigenvalue weighted by atomic mass is 10.2. The summed E-state index contributed by atoms with van der Waals surface area (Å²) in [4.78, 5) is 0. The maximum Gasteiger partial charge on any atom is 0.141 e. The fourth-order valence-electron chi connectivity index (χ4n) is 0.854. The van der Waals surface area contributed by atoms with Crippen LogP contribution in [0.2, 0.25) is 0 Å². The second-order valence-corrected chi connectivity index (χ2v) is 3.09. The summed E-state index contributed by atoms with van der Waals surface area (Å²) >= 11 is 2.98. The normalized spacial score (nSPS) is 48.0. The lowest BCUT2D eigenvalue weighted by Crippen LogP contribution is -2.32. The molecular formula is C5H9BrO4. The predicted molar refractivity (Wildman–Crippen MR) is 36.7 cm³/mol. The molecule has 0 aliphatic carbocycles. The Labute approximate surface area is 66.6 Å². The number of halogens is 1. The molecule has 4 nitrogen and oxygen atoms in total. The highest BCUT2D eigenvalue weighted by Crippen LogP contribution is 2.24. The van der Waals surface area contributed by atoms with Crippen LogP contribution in [-0.2, 0) is 4.74 Å². The lowest BCUT2D eigenvalue weighted by Gasteiger charge is -2.09. The molecule has 1 heterocycles. The summed E-state index contributed by atoms with van der Waals surface area (Å²) in [5.74, 6) is 0. The van der Waals surface area contributed by atoms with Crippen molar-refractivity contribution in [3.8, 4) is 0 Å². The van der Waals surface area contributed by atoms with E-state index in [2.05, 4.69) is 15.9 Å². The average Bonchev–Trinajstić information content (AvgIpc) is 2.17. The second kappa shape index (κ2) is 3.15. The highest BCUT2D eigenvalue weighted by atomic mass is 79.9. The van der Waals surface area contributed by atoms with Gasteiger partial charge in [-0.25, -0.2) is 0 Å². The van der Waals surface area contributed by atoms with Gasteiger partial charge in [-0.2, -0.15) is 0 Å². The van der Waals surface area contributed by atoms with Crippen LogP contribution in [0.15, 0.2) is 0 Å². The van der Waals surface area contributed by atoms with Gasteiger partial charge in [-0.1, -0.05) is 15.9 Å². The van der Waals surface area contributed by atoms with Crippen molar-refractivity contribution in [2.45, 2.75) is 23.3 Å². The zero-order valence-electron chi connectivity index (χ0n) is 5.14. The van der Waals surface area contributed by atoms with Gasteiger partial charge in [0.2, 0.25) is 0 Å². The van der Waals surface area contributed by atoms with Crippen LogP contribution in [0.5, 0.6) is 0 Å². The highest BCUT2D eigenvalue weighted by Gasteiger charge is 2.40. The van der Waals surface area contributed by atoms with Crippen LogP contribution in [0.3, 0.4) is 0 Å². The van der Waals surface area contributed by atoms with E-state index in [1.54, 1.807) is 0 Å². The first-order valence-electron chi connectivity index (χ1n) is 2.93. The minimum atomic E-state index is -0.991. The topological polar surface area (TPSA) is 69.9 Å². The van der Waals surface area contributed by atoms with Crippen molar-refractivity contribution in [1.29, 1.82) is 0 Å². The molecule has 5 heteroatoms. The molecule has 0 saturated carbocycles. The van der Waals surface area contributed by atoms with Gasteiger partial charge in [0, 0.05) is 0 Å². The molecule has 0 radical (unpaired) electrons. The Morgan fingerprint density at radius 1 is 1.30 bits per heavy atom. The fraction of sp³-hybridized carbons (Fsp3) is 1.00. The van der Waals surface area contributed by atoms with Crippen molar-refractivity contribution < 1.29 is 20.1 Å². The first-order chi connectivity index (χ1) is 4.66. The fourth-order valence-corrected chi connectivity index (χ4v) is 1.44. The molecule has 1 fully saturated rings. The number of aliphatic hydroxyl groups is 3. The molecule has 0 spiro atoms. The van der Waals surface area contributed by atoms with Gasteiger partial charge in [-0.15, -0.1) is 0 Å². The third kappa shape index (κ3) is 1.33. The largest absolute Gasteiger partial charge is 0.394 e. The summed E-state index contributed by atoms with van der Waals surface area (Å²) < 4.78 is 4.90. The monoisotopic (exact) mass is 212 g/mol. The molecule has 1 rings (SSSR count). The first-order valence-corrected chi connectivity index (χ1v) is 3.85. The average molecular weight is 213 g/mol. The summed E-state index contributed by atoms with van der Waals surface area (Å²) in [5.41, 5.74) is 0. The molecule has 0 amide bonds. The Hall–Kier alpha value is 0.320. The molecule has 1 aliphatic rings. The number of aliphatic hydroxyl groups excluding tert-OH is 3. The molecule has 0 aromatic carbocycles. The first kappa shape index (κ1) is 8.42. The zero-order valence-corrected chi connectivity index (χ0v) is 6.73. The maximum atomic E-state index is 9.06. The van der Waals surface area contributed by atoms with E-state index in [9.17, 15) is 0 Å². The van der Waals surface area contributed by atoms with Crippen molar-refractivity contribution in [2.75, 3.05) is 6.61 Å². The molecule has 1 saturated heterocycles. The molecule has 4 atom stereocenters. The van der Waals surface area contributed by atoms with E-state index in [-0.39, 0.29) is 6.61 Å². The Kier molecular flexibility index (Phi) is 2.65. The molecule has 10 heavy (non-hydrogen) atoms. The van der Waals surface area contributed by atoms with E-state index in [4.69, 9.17) is 20.1 Å². The minimum absolute atomic E-state index is 0.277. The van der Waals surface area contributed by atoms with Crippen molar-refractivity contribution in [1.82, 2.24) is 0 Å². The molecular weight excluding hydrogens is 204 g/mol. The van der Waals surface area contributed by atoms with Gasteiger partial charge < -0.3 is 20.1 Å². The summed E-state index contributed by atoms with van der Waals surface area (Å²) in [6.45, 7) is -0.277. The van der Waals surface area contributed by atoms with E-state index in [1.807, 2.05) is 0 Å². The lowest BCUT2D eigenvalue weighted by molar-refractivity contribution is -0.00760. The standard InChI is InChI=1S/C5H9BrO4/c6-5-4(9)3(8)2(1-7)10-5/h2-5,7-9H,1H2. The van der Waals surface area contributed by atoms with Crippen LogP contribution in [-0.4, -0.2) is 45.3 Å². The third-order valence-electron chi connectivity index (χ3n) is 1.48. The van der Waals surface area contributed by atoms with Crippen LogP contribution in [0.25, 0.3) is 0 Å². The van der Waals surface area contributed by atoms with Gasteiger partial charge in [-0.05, 0) is 0 Å². The molecule has 0 aromatic heterocycles. The molecule has 1 aliphatic heterocycles. The predicted octanol–water partition coefficient (Wildman–Crippen LogP) is -1.18. The van der Waals surface area contributed by atoms with Crippen LogP contribution in [0.1, 0.15) is 0 Å². The van der Waals surface area contributed by atoms with E-state index in [1.165, 1.54) is 0 Å². The maximum absolute atomic E-state index is 9.06. The van der Waals surface area contributed by atoms with Crippen LogP contribution >= 0.6 is 15.9 Å². The van der Waals surface area contributed by atoms with Crippen molar-refractivity contribution >= 4 is 15.9 Å². The summed E-state index contributed by atoms with van der Waals surface area (Å²) in [5, 5.41) is 26.1. The van der Waals surface area contributed by atoms with E-state index >= 15 is 0 Å². The van der Waals surface area contributed by atoms with Crippen LogP contribution in [0.4, 0.5) is 0 Å². The Balaban J connectivity index is 2.53. The third-order valence-corrected chi connectivity index (χ3v) is 2.24. The van der Waals surface area contributed by atoms with Crippen molar-refractivity contribution in [3.05, 3.63) is 0 Å². The van der Waals surface area contributed by atoms with Gasteiger partial charge in [0.1, 0.15) is 23.3 Å². The molecule has 4 unspecified atom stereocenters. The summed E-state index contributed by atoms with van der Waals surface area (Å²) in [6, 6.07) is 0. The van der Waals surface area contributed by atoms with Crippen LogP contribution in [0, 0.1) is 0 Å². The molecule has 0 aromatic rings. The molecule has 0 bridgehead atoms. The SMILES string of the molecule is OCC1OC(Br)C(O)C1O. The van der Waals surface area contributed by atoms with E-state index in [0.29, 0.717) is 0 Å². The van der Waals surface area contributed by atoms with Gasteiger partial charge in [0.05, 0.1) is 6.61 Å². The van der Waals surface area contributed by atoms with E-state index < -0.39 is 23.3 Å². The number of ether oxygens (including phenoxy) is 1. The molecule has 3 N–H and O–H groups in total. The Morgan fingerprint density at radius 3 is 2.10 bits per heavy atom. The minimum Gasteiger partial charge on any atom is -0.394 e. The second-order valence-electron chi connectivity index (χ2n) is 2.19. The quantitative estimate of drug-likeness (QED) is 0.479. The van der Waals surface area contributed by atoms with Gasteiger partial charge >= 0.3 is 0 Å². The Bertz CT molecular complexity index is 120. The number of rotatable bonds is 1. The molecule has 60 valence electrons. The summed E-state index contributed by atoms with van der Waals surface area (Å²) in [7, 11) is 0. The number of hydrogen-bond acceptors (Lipinski definition) is 4. The zero-order chi connectivity index (χ0) is 7.72. The Morgan fingerprint density at radius 2 is 1.90 bits per heavy atom. The van der Waals surface area contributed by atoms with Gasteiger partial charge in [-0.3, -0.25) is 0 Å². The van der Waals surface area contributed by atoms with Gasteiger partial charge in [0.25, 0.3) is 0 Å². The highest BCUT2D eigenvalue weighted by molar-refractivity contribution is 9.09. The van der Waals surface area contributed by atoms with Gasteiger partial charge in [0.15, 0.2) is 0 Å². The van der Waals surface area contributed by atoms with Crippen molar-refractivity contribution in [3.63, 3.8) is 0 Å². The smallest absolute Gasteiger partial charge is 0.141 e. The number of hydrogen-bond donors (Lipinski definition) is 3. The number of alkyl halides is 1. The van der Waals surface area contributed by atoms with Crippen molar-refractivity contribution in [2.24, 2.45) is 0 Å². The summed E-state index contributed by atoms with van der Waals surface area (Å²) in [6.07, 6.45) is -2.61. The van der Waals surface area contributed by atoms with E-state index in [0.717, 1.165) is 0 Å².